The first kappa shape index (κ1) is 18.1. The molecule has 5 nitrogen and oxygen atoms in total. The van der Waals surface area contributed by atoms with E-state index in [9.17, 15) is 9.18 Å². The quantitative estimate of drug-likeness (QED) is 0.827. The van der Waals surface area contributed by atoms with Crippen molar-refractivity contribution in [1.29, 1.82) is 0 Å². The van der Waals surface area contributed by atoms with Crippen LogP contribution in [0, 0.1) is 11.7 Å². The molecule has 1 amide bonds. The Balaban J connectivity index is 1.65. The third-order valence-electron chi connectivity index (χ3n) is 5.24. The molecule has 0 aliphatic carbocycles. The third kappa shape index (κ3) is 4.30. The van der Waals surface area contributed by atoms with E-state index in [0.717, 1.165) is 52.2 Å². The second-order valence-corrected chi connectivity index (χ2v) is 7.62. The van der Waals surface area contributed by atoms with Crippen LogP contribution in [-0.2, 0) is 0 Å². The summed E-state index contributed by atoms with van der Waals surface area (Å²) in [5, 5.41) is 0. The molecule has 1 aromatic carbocycles. The summed E-state index contributed by atoms with van der Waals surface area (Å²) in [5.41, 5.74) is 1.07. The Bertz CT molecular complexity index is 613. The van der Waals surface area contributed by atoms with Gasteiger partial charge < -0.3 is 19.6 Å². The molecule has 0 spiro atoms. The van der Waals surface area contributed by atoms with Gasteiger partial charge in [-0.3, -0.25) is 4.79 Å². The number of anilines is 1. The van der Waals surface area contributed by atoms with Crippen molar-refractivity contribution in [2.75, 3.05) is 71.9 Å². The van der Waals surface area contributed by atoms with Crippen molar-refractivity contribution >= 4 is 11.6 Å². The van der Waals surface area contributed by atoms with Crippen molar-refractivity contribution in [2.45, 2.75) is 6.42 Å². The molecule has 25 heavy (non-hydrogen) atoms. The van der Waals surface area contributed by atoms with Crippen molar-refractivity contribution in [2.24, 2.45) is 5.92 Å². The third-order valence-corrected chi connectivity index (χ3v) is 5.24. The van der Waals surface area contributed by atoms with Gasteiger partial charge in [0, 0.05) is 51.4 Å². The van der Waals surface area contributed by atoms with Gasteiger partial charge in [-0.2, -0.15) is 0 Å². The van der Waals surface area contributed by atoms with E-state index in [0.29, 0.717) is 17.2 Å². The summed E-state index contributed by atoms with van der Waals surface area (Å²) in [4.78, 5) is 21.0. The zero-order valence-electron chi connectivity index (χ0n) is 15.5. The van der Waals surface area contributed by atoms with Crippen LogP contribution >= 0.6 is 0 Å². The molecular weight excluding hydrogens is 319 g/mol. The van der Waals surface area contributed by atoms with Gasteiger partial charge in [0.25, 0.3) is 5.91 Å². The molecule has 0 saturated carbocycles. The number of likely N-dealkylation sites (tertiary alicyclic amines) is 1. The molecule has 0 bridgehead atoms. The van der Waals surface area contributed by atoms with Crippen LogP contribution in [0.2, 0.25) is 0 Å². The number of amides is 1. The molecule has 6 heteroatoms. The van der Waals surface area contributed by atoms with E-state index in [-0.39, 0.29) is 11.7 Å². The highest BCUT2D eigenvalue weighted by Crippen LogP contribution is 2.24. The Labute approximate surface area is 150 Å². The number of nitrogens with zero attached hydrogens (tertiary/aromatic N) is 4. The topological polar surface area (TPSA) is 30.0 Å². The molecule has 2 aliphatic heterocycles. The van der Waals surface area contributed by atoms with Crippen LogP contribution in [0.15, 0.2) is 18.2 Å². The molecule has 3 rings (SSSR count). The van der Waals surface area contributed by atoms with Crippen molar-refractivity contribution in [3.63, 3.8) is 0 Å². The molecule has 2 aliphatic rings. The monoisotopic (exact) mass is 348 g/mol. The van der Waals surface area contributed by atoms with Crippen LogP contribution in [-0.4, -0.2) is 87.6 Å². The fourth-order valence-electron chi connectivity index (χ4n) is 3.81. The number of halogens is 1. The summed E-state index contributed by atoms with van der Waals surface area (Å²) in [6, 6.07) is 4.95. The molecule has 2 saturated heterocycles. The number of rotatable bonds is 4. The molecule has 0 radical (unpaired) electrons. The van der Waals surface area contributed by atoms with Gasteiger partial charge in [0.15, 0.2) is 0 Å². The molecular formula is C19H29FN4O. The minimum absolute atomic E-state index is 0.0508. The fourth-order valence-corrected chi connectivity index (χ4v) is 3.81. The number of carbonyl (C=O) groups excluding carboxylic acids is 1. The molecule has 138 valence electrons. The highest BCUT2D eigenvalue weighted by Gasteiger charge is 2.28. The number of benzene rings is 1. The summed E-state index contributed by atoms with van der Waals surface area (Å²) in [5.74, 6) is 0.165. The first-order valence-electron chi connectivity index (χ1n) is 9.11. The average molecular weight is 348 g/mol. The summed E-state index contributed by atoms with van der Waals surface area (Å²) in [6.45, 7) is 6.01. The van der Waals surface area contributed by atoms with Crippen molar-refractivity contribution in [3.8, 4) is 0 Å². The zero-order valence-corrected chi connectivity index (χ0v) is 15.5. The molecule has 1 unspecified atom stereocenters. The second kappa shape index (κ2) is 7.70. The number of hydrogen-bond donors (Lipinski definition) is 0. The SMILES string of the molecule is CN(C)CC1CCN(C(=O)c2ccc(N3CCN(C)CC3)c(F)c2)C1. The van der Waals surface area contributed by atoms with E-state index in [4.69, 9.17) is 0 Å². The normalized spacial score (nSPS) is 22.0. The predicted octanol–water partition coefficient (Wildman–Crippen LogP) is 1.60. The summed E-state index contributed by atoms with van der Waals surface area (Å²) in [7, 11) is 6.18. The lowest BCUT2D eigenvalue weighted by atomic mass is 10.1. The maximum absolute atomic E-state index is 14.6. The van der Waals surface area contributed by atoms with Crippen LogP contribution in [0.5, 0.6) is 0 Å². The molecule has 2 fully saturated rings. The minimum Gasteiger partial charge on any atom is -0.367 e. The Morgan fingerprint density at radius 1 is 1.20 bits per heavy atom. The van der Waals surface area contributed by atoms with Gasteiger partial charge >= 0.3 is 0 Å². The maximum Gasteiger partial charge on any atom is 0.253 e. The standard InChI is InChI=1S/C19H29FN4O/c1-21(2)13-15-6-7-24(14-15)19(25)16-4-5-18(17(20)12-16)23-10-8-22(3)9-11-23/h4-5,12,15H,6-11,13-14H2,1-3H3. The van der Waals surface area contributed by atoms with E-state index >= 15 is 0 Å². The van der Waals surface area contributed by atoms with E-state index in [1.54, 1.807) is 12.1 Å². The minimum atomic E-state index is -0.292. The van der Waals surface area contributed by atoms with Gasteiger partial charge in [-0.15, -0.1) is 0 Å². The highest BCUT2D eigenvalue weighted by molar-refractivity contribution is 5.94. The van der Waals surface area contributed by atoms with E-state index in [2.05, 4.69) is 35.8 Å². The van der Waals surface area contributed by atoms with Crippen molar-refractivity contribution < 1.29 is 9.18 Å². The van der Waals surface area contributed by atoms with Crippen LogP contribution < -0.4 is 4.90 Å². The number of likely N-dealkylation sites (N-methyl/N-ethyl adjacent to an activating group) is 1. The average Bonchev–Trinajstić information content (AvgIpc) is 3.03. The molecule has 2 heterocycles. The second-order valence-electron chi connectivity index (χ2n) is 7.62. The highest BCUT2D eigenvalue weighted by atomic mass is 19.1. The Kier molecular flexibility index (Phi) is 5.59. The predicted molar refractivity (Wildman–Crippen MR) is 98.7 cm³/mol. The van der Waals surface area contributed by atoms with Crippen LogP contribution in [0.1, 0.15) is 16.8 Å². The molecule has 1 atom stereocenters. The van der Waals surface area contributed by atoms with E-state index in [1.165, 1.54) is 6.07 Å². The maximum atomic E-state index is 14.6. The lowest BCUT2D eigenvalue weighted by Crippen LogP contribution is -2.44. The molecule has 0 N–H and O–H groups in total. The Hall–Kier alpha value is -1.66. The van der Waals surface area contributed by atoms with Gasteiger partial charge in [-0.05, 0) is 51.7 Å². The number of carbonyl (C=O) groups is 1. The number of hydrogen-bond acceptors (Lipinski definition) is 4. The lowest BCUT2D eigenvalue weighted by Gasteiger charge is -2.34. The first-order chi connectivity index (χ1) is 11.9. The van der Waals surface area contributed by atoms with Gasteiger partial charge in [0.1, 0.15) is 5.82 Å². The van der Waals surface area contributed by atoms with E-state index < -0.39 is 0 Å². The van der Waals surface area contributed by atoms with Crippen LogP contribution in [0.25, 0.3) is 0 Å². The van der Waals surface area contributed by atoms with Crippen LogP contribution in [0.3, 0.4) is 0 Å². The van der Waals surface area contributed by atoms with Crippen molar-refractivity contribution in [3.05, 3.63) is 29.6 Å². The summed E-state index contributed by atoms with van der Waals surface area (Å²) in [6.07, 6.45) is 1.02. The van der Waals surface area contributed by atoms with E-state index in [1.807, 2.05) is 4.90 Å². The summed E-state index contributed by atoms with van der Waals surface area (Å²) < 4.78 is 14.6. The smallest absolute Gasteiger partial charge is 0.253 e. The molecule has 0 aromatic heterocycles. The zero-order chi connectivity index (χ0) is 18.0. The Morgan fingerprint density at radius 3 is 2.56 bits per heavy atom. The lowest BCUT2D eigenvalue weighted by molar-refractivity contribution is 0.0784. The van der Waals surface area contributed by atoms with Gasteiger partial charge in [0.2, 0.25) is 0 Å². The van der Waals surface area contributed by atoms with Gasteiger partial charge in [0.05, 0.1) is 5.69 Å². The number of piperazine rings is 1. The largest absolute Gasteiger partial charge is 0.367 e. The summed E-state index contributed by atoms with van der Waals surface area (Å²) >= 11 is 0. The van der Waals surface area contributed by atoms with Gasteiger partial charge in [-0.1, -0.05) is 0 Å². The van der Waals surface area contributed by atoms with Crippen LogP contribution in [0.4, 0.5) is 10.1 Å². The molecule has 1 aromatic rings. The fraction of sp³-hybridized carbons (Fsp3) is 0.632. The first-order valence-corrected chi connectivity index (χ1v) is 9.11. The van der Waals surface area contributed by atoms with Gasteiger partial charge in [-0.25, -0.2) is 4.39 Å². The van der Waals surface area contributed by atoms with Crippen molar-refractivity contribution in [1.82, 2.24) is 14.7 Å². The Morgan fingerprint density at radius 2 is 1.92 bits per heavy atom.